The first-order chi connectivity index (χ1) is 29.6. The molecule has 0 saturated heterocycles. The summed E-state index contributed by atoms with van der Waals surface area (Å²) in [5.74, 6) is 0. The Morgan fingerprint density at radius 1 is 0.250 bits per heavy atom. The topological polar surface area (TPSA) is 6.48 Å². The van der Waals surface area contributed by atoms with E-state index < -0.39 is 0 Å². The molecule has 0 radical (unpaired) electrons. The van der Waals surface area contributed by atoms with Crippen molar-refractivity contribution < 1.29 is 0 Å². The van der Waals surface area contributed by atoms with Crippen LogP contribution >= 0.6 is 0 Å². The summed E-state index contributed by atoms with van der Waals surface area (Å²) >= 11 is 0. The molecular weight excluding hydrogens is 725 g/mol. The summed E-state index contributed by atoms with van der Waals surface area (Å²) in [6.07, 6.45) is 0. The Labute approximate surface area is 351 Å². The first-order valence-corrected chi connectivity index (χ1v) is 20.7. The Hall–Kier alpha value is -7.68. The van der Waals surface area contributed by atoms with E-state index in [0.29, 0.717) is 0 Å². The highest BCUT2D eigenvalue weighted by Gasteiger charge is 2.25. The summed E-state index contributed by atoms with van der Waals surface area (Å²) in [4.78, 5) is 4.80. The van der Waals surface area contributed by atoms with Crippen LogP contribution < -0.4 is 9.80 Å². The van der Waals surface area contributed by atoms with Crippen molar-refractivity contribution in [1.29, 1.82) is 0 Å². The molecule has 0 bridgehead atoms. The smallest absolute Gasteiger partial charge is 0.0497 e. The fourth-order valence-electron chi connectivity index (χ4n) is 9.01. The van der Waals surface area contributed by atoms with Crippen LogP contribution in [0.3, 0.4) is 0 Å². The van der Waals surface area contributed by atoms with Crippen LogP contribution in [0.4, 0.5) is 34.1 Å². The van der Waals surface area contributed by atoms with E-state index in [2.05, 4.69) is 242 Å². The van der Waals surface area contributed by atoms with Crippen molar-refractivity contribution in [3.8, 4) is 44.5 Å². The molecule has 10 aromatic rings. The van der Waals surface area contributed by atoms with E-state index >= 15 is 0 Å². The first-order valence-electron chi connectivity index (χ1n) is 20.7. The van der Waals surface area contributed by atoms with E-state index in [4.69, 9.17) is 0 Å². The van der Waals surface area contributed by atoms with Crippen molar-refractivity contribution >= 4 is 55.7 Å². The average molecular weight is 767 g/mol. The second-order valence-electron chi connectivity index (χ2n) is 15.9. The number of benzene rings is 10. The minimum absolute atomic E-state index is 1.13. The summed E-state index contributed by atoms with van der Waals surface area (Å²) in [5, 5.41) is 4.95. The molecule has 0 aliphatic heterocycles. The summed E-state index contributed by atoms with van der Waals surface area (Å²) in [5.41, 5.74) is 19.4. The van der Waals surface area contributed by atoms with Gasteiger partial charge in [0.2, 0.25) is 0 Å². The van der Waals surface area contributed by atoms with Gasteiger partial charge in [-0.3, -0.25) is 0 Å². The third kappa shape index (κ3) is 6.22. The molecule has 2 heteroatoms. The fraction of sp³-hybridized carbons (Fsp3) is 0.0345. The molecule has 0 heterocycles. The Kier molecular flexibility index (Phi) is 8.64. The number of hydrogen-bond donors (Lipinski definition) is 0. The number of hydrogen-bond acceptors (Lipinski definition) is 2. The molecule has 284 valence electrons. The van der Waals surface area contributed by atoms with Crippen LogP contribution in [0.15, 0.2) is 218 Å². The highest BCUT2D eigenvalue weighted by atomic mass is 15.1. The van der Waals surface area contributed by atoms with Crippen LogP contribution in [-0.2, 0) is 0 Å². The van der Waals surface area contributed by atoms with E-state index in [1.54, 1.807) is 0 Å². The van der Waals surface area contributed by atoms with Crippen molar-refractivity contribution in [2.24, 2.45) is 0 Å². The molecule has 0 N–H and O–H groups in total. The van der Waals surface area contributed by atoms with Gasteiger partial charge in [0, 0.05) is 34.1 Å². The van der Waals surface area contributed by atoms with Crippen LogP contribution in [0.2, 0.25) is 0 Å². The summed E-state index contributed by atoms with van der Waals surface area (Å²) < 4.78 is 0. The zero-order valence-corrected chi connectivity index (χ0v) is 33.7. The second kappa shape index (κ2) is 14.6. The lowest BCUT2D eigenvalue weighted by atomic mass is 9.78. The highest BCUT2D eigenvalue weighted by Crippen LogP contribution is 2.52. The molecule has 0 saturated carbocycles. The third-order valence-corrected chi connectivity index (χ3v) is 12.2. The molecule has 60 heavy (non-hydrogen) atoms. The Bertz CT molecular complexity index is 3080. The molecule has 0 fully saturated rings. The van der Waals surface area contributed by atoms with E-state index in [-0.39, 0.29) is 0 Å². The number of anilines is 6. The molecule has 1 aliphatic carbocycles. The van der Waals surface area contributed by atoms with Gasteiger partial charge in [0.15, 0.2) is 0 Å². The van der Waals surface area contributed by atoms with Gasteiger partial charge in [0.05, 0.1) is 0 Å². The predicted molar refractivity (Wildman–Crippen MR) is 256 cm³/mol. The maximum Gasteiger partial charge on any atom is 0.0497 e. The van der Waals surface area contributed by atoms with Crippen LogP contribution in [0.25, 0.3) is 66.1 Å². The number of rotatable bonds is 8. The van der Waals surface area contributed by atoms with E-state index in [1.807, 2.05) is 0 Å². The molecule has 2 nitrogen and oxygen atoms in total. The van der Waals surface area contributed by atoms with Gasteiger partial charge < -0.3 is 9.80 Å². The molecule has 0 aromatic heterocycles. The normalized spacial score (nSPS) is 11.5. The molecule has 0 atom stereocenters. The lowest BCUT2D eigenvalue weighted by Crippen LogP contribution is -2.13. The Morgan fingerprint density at radius 2 is 0.617 bits per heavy atom. The van der Waals surface area contributed by atoms with Gasteiger partial charge in [-0.25, -0.2) is 0 Å². The highest BCUT2D eigenvalue weighted by molar-refractivity contribution is 6.12. The predicted octanol–water partition coefficient (Wildman–Crippen LogP) is 16.5. The quantitative estimate of drug-likeness (QED) is 0.152. The summed E-state index contributed by atoms with van der Waals surface area (Å²) in [7, 11) is 0. The number of para-hydroxylation sites is 2. The van der Waals surface area contributed by atoms with E-state index in [9.17, 15) is 0 Å². The first kappa shape index (κ1) is 35.5. The molecule has 1 aliphatic rings. The van der Waals surface area contributed by atoms with Crippen molar-refractivity contribution in [2.75, 3.05) is 9.80 Å². The van der Waals surface area contributed by atoms with Crippen LogP contribution in [0.5, 0.6) is 0 Å². The lowest BCUT2D eigenvalue weighted by Gasteiger charge is -2.30. The van der Waals surface area contributed by atoms with Crippen LogP contribution in [0.1, 0.15) is 11.1 Å². The fourth-order valence-corrected chi connectivity index (χ4v) is 9.01. The van der Waals surface area contributed by atoms with Gasteiger partial charge in [-0.15, -0.1) is 0 Å². The monoisotopic (exact) mass is 766 g/mol. The summed E-state index contributed by atoms with van der Waals surface area (Å²) in [6.45, 7) is 4.45. The van der Waals surface area contributed by atoms with E-state index in [1.165, 1.54) is 88.6 Å². The van der Waals surface area contributed by atoms with Gasteiger partial charge in [-0.05, 0) is 176 Å². The van der Waals surface area contributed by atoms with Gasteiger partial charge in [-0.2, -0.15) is 0 Å². The average Bonchev–Trinajstić information content (AvgIpc) is 3.30. The largest absolute Gasteiger partial charge is 0.310 e. The molecule has 0 amide bonds. The number of nitrogens with zero attached hydrogens (tertiary/aromatic N) is 2. The molecule has 0 spiro atoms. The maximum atomic E-state index is 2.47. The molecule has 11 rings (SSSR count). The zero-order chi connectivity index (χ0) is 40.2. The van der Waals surface area contributed by atoms with Crippen molar-refractivity contribution in [1.82, 2.24) is 0 Å². The second-order valence-corrected chi connectivity index (χ2v) is 15.9. The number of aryl methyl sites for hydroxylation is 2. The third-order valence-electron chi connectivity index (χ3n) is 12.2. The minimum Gasteiger partial charge on any atom is -0.310 e. The van der Waals surface area contributed by atoms with Gasteiger partial charge in [-0.1, -0.05) is 133 Å². The van der Waals surface area contributed by atoms with Gasteiger partial charge in [0.25, 0.3) is 0 Å². The van der Waals surface area contributed by atoms with Gasteiger partial charge >= 0.3 is 0 Å². The Balaban J connectivity index is 1.03. The minimum atomic E-state index is 1.13. The molecule has 10 aromatic carbocycles. The maximum absolute atomic E-state index is 2.47. The SMILES string of the molecule is Cc1ccc(-c2ccccc2)cc1N(c1ccc2cc3c(cc2c1)-c1cc2cc(N(c4ccccc4)c4ccccc4)ccc2cc1-3)c1cc(-c2ccccc2)ccc1C. The van der Waals surface area contributed by atoms with Crippen molar-refractivity contribution in [2.45, 2.75) is 13.8 Å². The van der Waals surface area contributed by atoms with Crippen LogP contribution in [-0.4, -0.2) is 0 Å². The van der Waals surface area contributed by atoms with Crippen molar-refractivity contribution in [3.63, 3.8) is 0 Å². The van der Waals surface area contributed by atoms with Gasteiger partial charge in [0.1, 0.15) is 0 Å². The summed E-state index contributed by atoms with van der Waals surface area (Å²) in [6, 6.07) is 79.8. The number of fused-ring (bicyclic) bond motifs is 6. The lowest BCUT2D eigenvalue weighted by molar-refractivity contribution is 1.23. The van der Waals surface area contributed by atoms with E-state index in [0.717, 1.165) is 22.7 Å². The zero-order valence-electron chi connectivity index (χ0n) is 33.7. The van der Waals surface area contributed by atoms with Crippen molar-refractivity contribution in [3.05, 3.63) is 230 Å². The van der Waals surface area contributed by atoms with Crippen LogP contribution in [0, 0.1) is 13.8 Å². The Morgan fingerprint density at radius 3 is 1.03 bits per heavy atom. The molecule has 0 unspecified atom stereocenters. The molecular formula is C58H42N2. The standard InChI is InChI=1S/C58H42N2/c1-39-23-25-45(41-15-7-3-8-16-41)37-57(39)60(58-38-46(26-24-40(58)2)42-17-9-4-10-18-42)52-30-28-44-34-54-53-33-43-27-29-51(31-47(43)35-55(53)56(54)36-48(44)32-52)59(49-19-11-5-12-20-49)50-21-13-6-14-22-50/h3-38H,1-2H3.